The molecular formula is C18H15NO5S. The highest BCUT2D eigenvalue weighted by Gasteiger charge is 2.20. The van der Waals surface area contributed by atoms with Crippen LogP contribution < -0.4 is 14.2 Å². The fourth-order valence-corrected chi connectivity index (χ4v) is 3.61. The Morgan fingerprint density at radius 2 is 1.92 bits per heavy atom. The maximum absolute atomic E-state index is 12.5. The van der Waals surface area contributed by atoms with Crippen molar-refractivity contribution in [3.63, 3.8) is 0 Å². The molecule has 2 aromatic carbocycles. The number of hydrogen-bond donors (Lipinski definition) is 0. The summed E-state index contributed by atoms with van der Waals surface area (Å²) >= 11 is 0. The number of allylic oxidation sites excluding steroid dienone is 1. The van der Waals surface area contributed by atoms with E-state index in [0.29, 0.717) is 28.4 Å². The zero-order chi connectivity index (χ0) is 17.9. The van der Waals surface area contributed by atoms with Crippen molar-refractivity contribution < 1.29 is 22.6 Å². The summed E-state index contributed by atoms with van der Waals surface area (Å²) in [5, 5.41) is 9.30. The van der Waals surface area contributed by atoms with Gasteiger partial charge >= 0.3 is 0 Å². The van der Waals surface area contributed by atoms with Gasteiger partial charge in [-0.3, -0.25) is 0 Å². The molecule has 0 saturated heterocycles. The minimum absolute atomic E-state index is 0.128. The number of nitriles is 1. The summed E-state index contributed by atoms with van der Waals surface area (Å²) in [6.07, 6.45) is 1.33. The Labute approximate surface area is 145 Å². The highest BCUT2D eigenvalue weighted by molar-refractivity contribution is 7.95. The predicted molar refractivity (Wildman–Crippen MR) is 91.8 cm³/mol. The van der Waals surface area contributed by atoms with Gasteiger partial charge in [0.25, 0.3) is 0 Å². The summed E-state index contributed by atoms with van der Waals surface area (Å²) < 4.78 is 40.6. The first kappa shape index (κ1) is 16.9. The van der Waals surface area contributed by atoms with E-state index in [-0.39, 0.29) is 17.5 Å². The number of benzene rings is 2. The van der Waals surface area contributed by atoms with Gasteiger partial charge in [-0.25, -0.2) is 8.42 Å². The van der Waals surface area contributed by atoms with Crippen LogP contribution >= 0.6 is 0 Å². The molecule has 0 aromatic heterocycles. The van der Waals surface area contributed by atoms with Gasteiger partial charge in [0.05, 0.1) is 12.9 Å². The minimum Gasteiger partial charge on any atom is -0.497 e. The Kier molecular flexibility index (Phi) is 4.63. The normalized spacial score (nSPS) is 13.4. The van der Waals surface area contributed by atoms with E-state index in [1.165, 1.54) is 13.2 Å². The van der Waals surface area contributed by atoms with Gasteiger partial charge in [0, 0.05) is 0 Å². The number of ether oxygens (including phenoxy) is 3. The second-order valence-electron chi connectivity index (χ2n) is 5.34. The summed E-state index contributed by atoms with van der Waals surface area (Å²) in [7, 11) is -2.23. The third kappa shape index (κ3) is 3.75. The van der Waals surface area contributed by atoms with Gasteiger partial charge < -0.3 is 14.2 Å². The lowest BCUT2D eigenvalue weighted by Crippen LogP contribution is -2.06. The van der Waals surface area contributed by atoms with Crippen LogP contribution in [0.2, 0.25) is 0 Å². The lowest BCUT2D eigenvalue weighted by molar-refractivity contribution is 0.174. The van der Waals surface area contributed by atoms with Crippen LogP contribution in [-0.4, -0.2) is 22.3 Å². The quantitative estimate of drug-likeness (QED) is 0.765. The van der Waals surface area contributed by atoms with Gasteiger partial charge in [-0.1, -0.05) is 18.2 Å². The second kappa shape index (κ2) is 6.87. The molecule has 3 rings (SSSR count). The van der Waals surface area contributed by atoms with Crippen molar-refractivity contribution in [1.82, 2.24) is 0 Å². The smallest absolute Gasteiger partial charge is 0.231 e. The van der Waals surface area contributed by atoms with E-state index >= 15 is 0 Å². The molecular weight excluding hydrogens is 342 g/mol. The Bertz CT molecular complexity index is 956. The topological polar surface area (TPSA) is 85.6 Å². The number of rotatable bonds is 5. The molecule has 0 fully saturated rings. The summed E-state index contributed by atoms with van der Waals surface area (Å²) in [6.45, 7) is 0.128. The van der Waals surface area contributed by atoms with Crippen molar-refractivity contribution in [3.8, 4) is 23.3 Å². The first-order valence-corrected chi connectivity index (χ1v) is 9.04. The number of methoxy groups -OCH3 is 1. The van der Waals surface area contributed by atoms with Crippen LogP contribution in [-0.2, 0) is 15.6 Å². The average molecular weight is 357 g/mol. The first-order chi connectivity index (χ1) is 12.0. The molecule has 1 aliphatic rings. The molecule has 25 heavy (non-hydrogen) atoms. The van der Waals surface area contributed by atoms with E-state index in [9.17, 15) is 13.7 Å². The van der Waals surface area contributed by atoms with Crippen LogP contribution in [0.3, 0.4) is 0 Å². The molecule has 128 valence electrons. The number of fused-ring (bicyclic) bond motifs is 1. The van der Waals surface area contributed by atoms with E-state index < -0.39 is 9.84 Å². The third-order valence-corrected chi connectivity index (χ3v) is 5.25. The van der Waals surface area contributed by atoms with Gasteiger partial charge in [-0.05, 0) is 41.5 Å². The molecule has 0 saturated carbocycles. The third-order valence-electron chi connectivity index (χ3n) is 3.66. The van der Waals surface area contributed by atoms with E-state index in [4.69, 9.17) is 14.2 Å². The lowest BCUT2D eigenvalue weighted by atomic mass is 10.2. The van der Waals surface area contributed by atoms with Gasteiger partial charge in [0.2, 0.25) is 6.79 Å². The molecule has 0 spiro atoms. The maximum Gasteiger partial charge on any atom is 0.231 e. The Balaban J connectivity index is 1.86. The van der Waals surface area contributed by atoms with Crippen molar-refractivity contribution in [3.05, 3.63) is 58.5 Å². The Morgan fingerprint density at radius 1 is 1.20 bits per heavy atom. The van der Waals surface area contributed by atoms with Crippen molar-refractivity contribution in [2.45, 2.75) is 5.75 Å². The molecule has 0 atom stereocenters. The summed E-state index contributed by atoms with van der Waals surface area (Å²) in [4.78, 5) is -0.304. The minimum atomic E-state index is -3.77. The number of hydrogen-bond acceptors (Lipinski definition) is 6. The Morgan fingerprint density at radius 3 is 2.60 bits per heavy atom. The standard InChI is InChI=1S/C18H15NO5S/c1-22-15-5-2-13(3-6-15)11-25(20,21)16(10-19)8-14-4-7-17-18(9-14)24-12-23-17/h2-9H,11-12H2,1H3/b16-8-. The highest BCUT2D eigenvalue weighted by atomic mass is 32.2. The molecule has 0 radical (unpaired) electrons. The molecule has 1 aliphatic heterocycles. The molecule has 0 aliphatic carbocycles. The van der Waals surface area contributed by atoms with Crippen LogP contribution in [0.1, 0.15) is 11.1 Å². The van der Waals surface area contributed by atoms with Crippen molar-refractivity contribution in [2.75, 3.05) is 13.9 Å². The fourth-order valence-electron chi connectivity index (χ4n) is 2.36. The molecule has 0 N–H and O–H groups in total. The van der Waals surface area contributed by atoms with E-state index in [2.05, 4.69) is 0 Å². The molecule has 0 amide bonds. The molecule has 7 heteroatoms. The van der Waals surface area contributed by atoms with Crippen LogP contribution in [0, 0.1) is 11.3 Å². The number of nitrogens with zero attached hydrogens (tertiary/aromatic N) is 1. The van der Waals surface area contributed by atoms with Gasteiger partial charge in [-0.15, -0.1) is 0 Å². The second-order valence-corrected chi connectivity index (χ2v) is 7.30. The zero-order valence-electron chi connectivity index (χ0n) is 13.4. The Hall–Kier alpha value is -2.98. The summed E-state index contributed by atoms with van der Waals surface area (Å²) in [6, 6.07) is 13.4. The predicted octanol–water partition coefficient (Wildman–Crippen LogP) is 2.90. The van der Waals surface area contributed by atoms with Gasteiger partial charge in [0.1, 0.15) is 16.7 Å². The van der Waals surface area contributed by atoms with Crippen molar-refractivity contribution in [1.29, 1.82) is 5.26 Å². The van der Waals surface area contributed by atoms with Crippen LogP contribution in [0.5, 0.6) is 17.2 Å². The fraction of sp³-hybridized carbons (Fsp3) is 0.167. The highest BCUT2D eigenvalue weighted by Crippen LogP contribution is 2.33. The van der Waals surface area contributed by atoms with Gasteiger partial charge in [0.15, 0.2) is 21.3 Å². The monoisotopic (exact) mass is 357 g/mol. The number of sulfone groups is 1. The van der Waals surface area contributed by atoms with E-state index in [1.807, 2.05) is 0 Å². The van der Waals surface area contributed by atoms with Crippen molar-refractivity contribution in [2.24, 2.45) is 0 Å². The zero-order valence-corrected chi connectivity index (χ0v) is 14.2. The average Bonchev–Trinajstić information content (AvgIpc) is 3.07. The lowest BCUT2D eigenvalue weighted by Gasteiger charge is -2.05. The summed E-state index contributed by atoms with van der Waals surface area (Å²) in [5.74, 6) is 1.49. The largest absolute Gasteiger partial charge is 0.497 e. The van der Waals surface area contributed by atoms with Gasteiger partial charge in [-0.2, -0.15) is 5.26 Å². The first-order valence-electron chi connectivity index (χ1n) is 7.39. The summed E-state index contributed by atoms with van der Waals surface area (Å²) in [5.41, 5.74) is 1.13. The molecule has 2 aromatic rings. The van der Waals surface area contributed by atoms with E-state index in [0.717, 1.165) is 0 Å². The molecule has 0 bridgehead atoms. The van der Waals surface area contributed by atoms with Crippen molar-refractivity contribution >= 4 is 15.9 Å². The van der Waals surface area contributed by atoms with Crippen LogP contribution in [0.15, 0.2) is 47.4 Å². The van der Waals surface area contributed by atoms with Crippen LogP contribution in [0.4, 0.5) is 0 Å². The van der Waals surface area contributed by atoms with E-state index in [1.54, 1.807) is 48.5 Å². The molecule has 1 heterocycles. The maximum atomic E-state index is 12.5. The molecule has 6 nitrogen and oxygen atoms in total. The SMILES string of the molecule is COc1ccc(CS(=O)(=O)/C(C#N)=C\c2ccc3c(c2)OCO3)cc1. The van der Waals surface area contributed by atoms with Crippen LogP contribution in [0.25, 0.3) is 6.08 Å². The molecule has 0 unspecified atom stereocenters.